The molecule has 1 aromatic carbocycles. The van der Waals surface area contributed by atoms with E-state index in [0.29, 0.717) is 17.2 Å². The highest BCUT2D eigenvalue weighted by atomic mass is 32.2. The van der Waals surface area contributed by atoms with Gasteiger partial charge in [-0.15, -0.1) is 0 Å². The van der Waals surface area contributed by atoms with Gasteiger partial charge >= 0.3 is 0 Å². The van der Waals surface area contributed by atoms with Gasteiger partial charge in [-0.3, -0.25) is 9.00 Å². The monoisotopic (exact) mass is 309 g/mol. The van der Waals surface area contributed by atoms with Gasteiger partial charge in [0.1, 0.15) is 11.6 Å². The van der Waals surface area contributed by atoms with Crippen molar-refractivity contribution in [2.75, 3.05) is 6.54 Å². The van der Waals surface area contributed by atoms with E-state index in [1.165, 1.54) is 24.3 Å². The second kappa shape index (κ2) is 7.17. The molecule has 2 rings (SSSR count). The number of furan rings is 1. The van der Waals surface area contributed by atoms with Crippen LogP contribution >= 0.6 is 0 Å². The minimum atomic E-state index is -1.34. The third kappa shape index (κ3) is 4.26. The number of hydrogen-bond acceptors (Lipinski definition) is 3. The quantitative estimate of drug-likeness (QED) is 0.892. The molecule has 0 radical (unpaired) electrons. The fourth-order valence-electron chi connectivity index (χ4n) is 1.70. The molecule has 0 bridgehead atoms. The molecule has 4 nitrogen and oxygen atoms in total. The zero-order valence-corrected chi connectivity index (χ0v) is 12.4. The number of hydrogen-bond donors (Lipinski definition) is 1. The molecule has 0 aliphatic heterocycles. The average Bonchev–Trinajstić information content (AvgIpc) is 2.94. The lowest BCUT2D eigenvalue weighted by Crippen LogP contribution is -2.23. The van der Waals surface area contributed by atoms with Gasteiger partial charge in [0.15, 0.2) is 5.76 Å². The summed E-state index contributed by atoms with van der Waals surface area (Å²) in [6, 6.07) is 8.66. The molecule has 1 atom stereocenters. The first-order chi connectivity index (χ1) is 10.1. The van der Waals surface area contributed by atoms with Gasteiger partial charge in [0, 0.05) is 11.4 Å². The van der Waals surface area contributed by atoms with E-state index in [4.69, 9.17) is 4.42 Å². The standard InChI is InChI=1S/C15H16FNO3S/c1-2-9-17-15(18)14-8-5-12(20-14)10-21(19)13-6-3-11(16)4-7-13/h3-8H,2,9-10H2,1H3,(H,17,18). The third-order valence-corrected chi connectivity index (χ3v) is 4.12. The van der Waals surface area contributed by atoms with Crippen LogP contribution in [0.4, 0.5) is 4.39 Å². The Kier molecular flexibility index (Phi) is 5.27. The molecule has 1 N–H and O–H groups in total. The smallest absolute Gasteiger partial charge is 0.286 e. The van der Waals surface area contributed by atoms with Crippen molar-refractivity contribution in [2.45, 2.75) is 24.0 Å². The Hall–Kier alpha value is -1.95. The lowest BCUT2D eigenvalue weighted by atomic mass is 10.4. The molecule has 1 heterocycles. The highest BCUT2D eigenvalue weighted by molar-refractivity contribution is 7.84. The van der Waals surface area contributed by atoms with Crippen molar-refractivity contribution in [1.29, 1.82) is 0 Å². The van der Waals surface area contributed by atoms with E-state index in [-0.39, 0.29) is 23.2 Å². The van der Waals surface area contributed by atoms with Crippen LogP contribution in [-0.2, 0) is 16.6 Å². The molecule has 0 fully saturated rings. The number of benzene rings is 1. The first kappa shape index (κ1) is 15.4. The normalized spacial score (nSPS) is 12.1. The van der Waals surface area contributed by atoms with Crippen LogP contribution in [0.3, 0.4) is 0 Å². The van der Waals surface area contributed by atoms with Crippen LogP contribution < -0.4 is 5.32 Å². The average molecular weight is 309 g/mol. The van der Waals surface area contributed by atoms with Crippen LogP contribution in [0.5, 0.6) is 0 Å². The highest BCUT2D eigenvalue weighted by Crippen LogP contribution is 2.15. The summed E-state index contributed by atoms with van der Waals surface area (Å²) in [7, 11) is -1.34. The molecule has 112 valence electrons. The van der Waals surface area contributed by atoms with Crippen molar-refractivity contribution in [3.05, 3.63) is 53.7 Å². The van der Waals surface area contributed by atoms with Crippen LogP contribution in [0.15, 0.2) is 45.7 Å². The number of carbonyl (C=O) groups is 1. The largest absolute Gasteiger partial charge is 0.455 e. The van der Waals surface area contributed by atoms with Gasteiger partial charge in [0.25, 0.3) is 5.91 Å². The van der Waals surface area contributed by atoms with E-state index in [1.54, 1.807) is 12.1 Å². The molecule has 1 aromatic heterocycles. The number of amides is 1. The predicted molar refractivity (Wildman–Crippen MR) is 77.8 cm³/mol. The van der Waals surface area contributed by atoms with E-state index >= 15 is 0 Å². The van der Waals surface area contributed by atoms with E-state index < -0.39 is 10.8 Å². The third-order valence-electron chi connectivity index (χ3n) is 2.77. The topological polar surface area (TPSA) is 59.3 Å². The summed E-state index contributed by atoms with van der Waals surface area (Å²) in [5, 5.41) is 2.70. The van der Waals surface area contributed by atoms with Gasteiger partial charge < -0.3 is 9.73 Å². The first-order valence-corrected chi connectivity index (χ1v) is 7.93. The molecular formula is C15H16FNO3S. The second-order valence-electron chi connectivity index (χ2n) is 4.47. The summed E-state index contributed by atoms with van der Waals surface area (Å²) in [4.78, 5) is 12.2. The second-order valence-corrected chi connectivity index (χ2v) is 5.92. The van der Waals surface area contributed by atoms with Crippen molar-refractivity contribution in [3.8, 4) is 0 Å². The summed E-state index contributed by atoms with van der Waals surface area (Å²) in [5.74, 6) is 0.153. The molecule has 1 unspecified atom stereocenters. The van der Waals surface area contributed by atoms with E-state index in [0.717, 1.165) is 6.42 Å². The van der Waals surface area contributed by atoms with Gasteiger partial charge in [-0.2, -0.15) is 0 Å². The van der Waals surface area contributed by atoms with Gasteiger partial charge in [-0.25, -0.2) is 4.39 Å². The summed E-state index contributed by atoms with van der Waals surface area (Å²) >= 11 is 0. The molecule has 0 saturated heterocycles. The maximum atomic E-state index is 12.8. The van der Waals surface area contributed by atoms with Crippen LogP contribution in [0, 0.1) is 5.82 Å². The SMILES string of the molecule is CCCNC(=O)c1ccc(CS(=O)c2ccc(F)cc2)o1. The number of rotatable bonds is 6. The fourth-order valence-corrected chi connectivity index (χ4v) is 2.72. The predicted octanol–water partition coefficient (Wildman–Crippen LogP) is 2.87. The zero-order chi connectivity index (χ0) is 15.2. The first-order valence-electron chi connectivity index (χ1n) is 6.61. The number of nitrogens with one attached hydrogen (secondary N) is 1. The minimum Gasteiger partial charge on any atom is -0.455 e. The van der Waals surface area contributed by atoms with Gasteiger partial charge in [-0.1, -0.05) is 6.92 Å². The number of carbonyl (C=O) groups excluding carboxylic acids is 1. The maximum absolute atomic E-state index is 12.8. The summed E-state index contributed by atoms with van der Waals surface area (Å²) < 4.78 is 30.3. The maximum Gasteiger partial charge on any atom is 0.286 e. The molecular weight excluding hydrogens is 293 g/mol. The van der Waals surface area contributed by atoms with Crippen molar-refractivity contribution >= 4 is 16.7 Å². The van der Waals surface area contributed by atoms with Gasteiger partial charge in [0.05, 0.1) is 16.6 Å². The van der Waals surface area contributed by atoms with Crippen LogP contribution in [0.1, 0.15) is 29.7 Å². The summed E-state index contributed by atoms with van der Waals surface area (Å²) in [6.45, 7) is 2.54. The summed E-state index contributed by atoms with van der Waals surface area (Å²) in [5.41, 5.74) is 0. The van der Waals surface area contributed by atoms with Crippen LogP contribution in [0.2, 0.25) is 0 Å². The van der Waals surface area contributed by atoms with E-state index in [2.05, 4.69) is 5.32 Å². The van der Waals surface area contributed by atoms with Crippen LogP contribution in [0.25, 0.3) is 0 Å². The molecule has 2 aromatic rings. The Bertz CT molecular complexity index is 637. The Morgan fingerprint density at radius 1 is 1.24 bits per heavy atom. The Morgan fingerprint density at radius 2 is 1.95 bits per heavy atom. The van der Waals surface area contributed by atoms with Crippen molar-refractivity contribution < 1.29 is 17.8 Å². The molecule has 0 spiro atoms. The zero-order valence-electron chi connectivity index (χ0n) is 11.6. The highest BCUT2D eigenvalue weighted by Gasteiger charge is 2.13. The fraction of sp³-hybridized carbons (Fsp3) is 0.267. The van der Waals surface area contributed by atoms with Crippen molar-refractivity contribution in [2.24, 2.45) is 0 Å². The molecule has 1 amide bonds. The molecule has 0 saturated carbocycles. The number of halogens is 1. The van der Waals surface area contributed by atoms with E-state index in [9.17, 15) is 13.4 Å². The van der Waals surface area contributed by atoms with Gasteiger partial charge in [0.2, 0.25) is 0 Å². The Balaban J connectivity index is 2.00. The molecule has 0 aliphatic carbocycles. The molecule has 6 heteroatoms. The lowest BCUT2D eigenvalue weighted by molar-refractivity contribution is 0.0924. The molecule has 21 heavy (non-hydrogen) atoms. The van der Waals surface area contributed by atoms with Crippen molar-refractivity contribution in [1.82, 2.24) is 5.32 Å². The Labute approximate surface area is 124 Å². The Morgan fingerprint density at radius 3 is 2.62 bits per heavy atom. The lowest BCUT2D eigenvalue weighted by Gasteiger charge is -2.01. The summed E-state index contributed by atoms with van der Waals surface area (Å²) in [6.07, 6.45) is 0.841. The minimum absolute atomic E-state index is 0.146. The molecule has 0 aliphatic rings. The van der Waals surface area contributed by atoms with Crippen LogP contribution in [-0.4, -0.2) is 16.7 Å². The van der Waals surface area contributed by atoms with E-state index in [1.807, 2.05) is 6.92 Å². The van der Waals surface area contributed by atoms with Crippen molar-refractivity contribution in [3.63, 3.8) is 0 Å². The van der Waals surface area contributed by atoms with Gasteiger partial charge in [-0.05, 0) is 42.8 Å².